The number of fused-ring (bicyclic) bond motifs is 1. The molecular formula is C16H22N2O5S. The minimum atomic E-state index is -2.35. The van der Waals surface area contributed by atoms with Crippen molar-refractivity contribution in [2.45, 2.75) is 38.3 Å². The summed E-state index contributed by atoms with van der Waals surface area (Å²) in [4.78, 5) is 11.8. The molecule has 132 valence electrons. The lowest BCUT2D eigenvalue weighted by molar-refractivity contribution is -0.117. The molecule has 0 bridgehead atoms. The zero-order valence-electron chi connectivity index (χ0n) is 13.4. The van der Waals surface area contributed by atoms with Crippen LogP contribution in [0.25, 0.3) is 0 Å². The lowest BCUT2D eigenvalue weighted by Gasteiger charge is -2.24. The van der Waals surface area contributed by atoms with Gasteiger partial charge in [0.25, 0.3) is 11.3 Å². The third-order valence-corrected chi connectivity index (χ3v) is 5.10. The molecule has 0 aromatic heterocycles. The van der Waals surface area contributed by atoms with Gasteiger partial charge in [0.1, 0.15) is 5.75 Å². The Kier molecular flexibility index (Phi) is 5.50. The second-order valence-electron chi connectivity index (χ2n) is 6.22. The topological polar surface area (TPSA) is 99.1 Å². The number of benzene rings is 1. The number of aromatic hydroxyl groups is 1. The quantitative estimate of drug-likeness (QED) is 0.701. The number of hydrogen-bond donors (Lipinski definition) is 3. The van der Waals surface area contributed by atoms with E-state index in [0.29, 0.717) is 32.0 Å². The zero-order valence-corrected chi connectivity index (χ0v) is 14.2. The lowest BCUT2D eigenvalue weighted by atomic mass is 10.0. The van der Waals surface area contributed by atoms with E-state index in [1.807, 2.05) is 6.07 Å². The van der Waals surface area contributed by atoms with Crippen LogP contribution in [0.5, 0.6) is 5.75 Å². The standard InChI is InChI=1S/C16H22N2O5S/c19-14-4-3-12-6-11(8-17-13-2-1-5-23-10-13)7-15(20)16(12)18(9-14)24(21)22/h6-7,13,17,20H,1-5,8-10H2,(H,21,22)/t13-/m1/s1. The van der Waals surface area contributed by atoms with Crippen molar-refractivity contribution in [3.8, 4) is 5.75 Å². The van der Waals surface area contributed by atoms with Crippen molar-refractivity contribution < 1.29 is 23.4 Å². The molecule has 1 unspecified atom stereocenters. The van der Waals surface area contributed by atoms with E-state index in [-0.39, 0.29) is 23.8 Å². The van der Waals surface area contributed by atoms with Gasteiger partial charge in [-0.3, -0.25) is 13.7 Å². The Labute approximate surface area is 143 Å². The summed E-state index contributed by atoms with van der Waals surface area (Å²) in [5.74, 6) is -0.187. The Hall–Kier alpha value is -1.48. The summed E-state index contributed by atoms with van der Waals surface area (Å²) in [6, 6.07) is 3.78. The summed E-state index contributed by atoms with van der Waals surface area (Å²) < 4.78 is 27.5. The fourth-order valence-corrected chi connectivity index (χ4v) is 3.83. The normalized spacial score (nSPS) is 22.8. The SMILES string of the molecule is O=C1CCc2cc(CN[C@@H]3CCCOC3)cc(O)c2N(S(=O)O)C1. The van der Waals surface area contributed by atoms with Crippen LogP contribution in [0.2, 0.25) is 0 Å². The van der Waals surface area contributed by atoms with Crippen molar-refractivity contribution in [1.82, 2.24) is 5.32 Å². The summed E-state index contributed by atoms with van der Waals surface area (Å²) in [5.41, 5.74) is 1.89. The van der Waals surface area contributed by atoms with Crippen LogP contribution in [0.3, 0.4) is 0 Å². The second kappa shape index (κ2) is 7.60. The fraction of sp³-hybridized carbons (Fsp3) is 0.562. The van der Waals surface area contributed by atoms with Gasteiger partial charge in [0.2, 0.25) is 0 Å². The third-order valence-electron chi connectivity index (χ3n) is 4.41. The Morgan fingerprint density at radius 1 is 1.38 bits per heavy atom. The number of nitrogens with one attached hydrogen (secondary N) is 1. The highest BCUT2D eigenvalue weighted by molar-refractivity contribution is 7.80. The predicted molar refractivity (Wildman–Crippen MR) is 90.2 cm³/mol. The van der Waals surface area contributed by atoms with Crippen LogP contribution >= 0.6 is 0 Å². The molecule has 0 spiro atoms. The van der Waals surface area contributed by atoms with Gasteiger partial charge in [-0.2, -0.15) is 0 Å². The van der Waals surface area contributed by atoms with Crippen LogP contribution in [0, 0.1) is 0 Å². The number of carbonyl (C=O) groups is 1. The van der Waals surface area contributed by atoms with Crippen LogP contribution < -0.4 is 9.62 Å². The van der Waals surface area contributed by atoms with Crippen molar-refractivity contribution in [3.05, 3.63) is 23.3 Å². The molecule has 3 N–H and O–H groups in total. The average Bonchev–Trinajstić information content (AvgIpc) is 2.74. The highest BCUT2D eigenvalue weighted by Crippen LogP contribution is 2.36. The summed E-state index contributed by atoms with van der Waals surface area (Å²) in [6.07, 6.45) is 2.85. The minimum absolute atomic E-state index is 0.0682. The van der Waals surface area contributed by atoms with Crippen molar-refractivity contribution >= 4 is 22.7 Å². The van der Waals surface area contributed by atoms with Gasteiger partial charge in [0, 0.05) is 25.6 Å². The van der Waals surface area contributed by atoms with Crippen LogP contribution in [0.15, 0.2) is 12.1 Å². The molecule has 3 rings (SSSR count). The first-order valence-electron chi connectivity index (χ1n) is 8.10. The smallest absolute Gasteiger partial charge is 0.262 e. The summed E-state index contributed by atoms with van der Waals surface area (Å²) in [6.45, 7) is 1.90. The number of nitrogens with zero attached hydrogens (tertiary/aromatic N) is 1. The number of Topliss-reactive ketones (excluding diaryl/α,β-unsaturated/α-hetero) is 1. The molecule has 1 aromatic rings. The second-order valence-corrected chi connectivity index (χ2v) is 7.13. The van der Waals surface area contributed by atoms with Gasteiger partial charge in [-0.15, -0.1) is 0 Å². The van der Waals surface area contributed by atoms with Gasteiger partial charge in [0.05, 0.1) is 18.8 Å². The molecule has 1 saturated heterocycles. The Morgan fingerprint density at radius 3 is 2.92 bits per heavy atom. The van der Waals surface area contributed by atoms with Gasteiger partial charge in [0.15, 0.2) is 5.78 Å². The van der Waals surface area contributed by atoms with Crippen LogP contribution in [0.4, 0.5) is 5.69 Å². The summed E-state index contributed by atoms with van der Waals surface area (Å²) in [7, 11) is 0. The van der Waals surface area contributed by atoms with Crippen molar-refractivity contribution in [2.24, 2.45) is 0 Å². The molecule has 2 aliphatic heterocycles. The Balaban J connectivity index is 1.80. The Morgan fingerprint density at radius 2 is 2.21 bits per heavy atom. The maximum Gasteiger partial charge on any atom is 0.262 e. The van der Waals surface area contributed by atoms with Crippen molar-refractivity contribution in [3.63, 3.8) is 0 Å². The van der Waals surface area contributed by atoms with Crippen molar-refractivity contribution in [2.75, 3.05) is 24.1 Å². The number of phenols is 1. The number of ketones is 1. The molecule has 2 atom stereocenters. The van der Waals surface area contributed by atoms with E-state index < -0.39 is 11.3 Å². The summed E-state index contributed by atoms with van der Waals surface area (Å²) in [5, 5.41) is 13.8. The zero-order chi connectivity index (χ0) is 17.1. The molecule has 2 aliphatic rings. The first kappa shape index (κ1) is 17.3. The number of aryl methyl sites for hydroxylation is 1. The van der Waals surface area contributed by atoms with Crippen molar-refractivity contribution in [1.29, 1.82) is 0 Å². The minimum Gasteiger partial charge on any atom is -0.506 e. The van der Waals surface area contributed by atoms with E-state index >= 15 is 0 Å². The van der Waals surface area contributed by atoms with E-state index in [1.165, 1.54) is 0 Å². The van der Waals surface area contributed by atoms with E-state index in [9.17, 15) is 18.7 Å². The molecule has 0 aliphatic carbocycles. The molecule has 7 nitrogen and oxygen atoms in total. The molecule has 0 amide bonds. The van der Waals surface area contributed by atoms with Gasteiger partial charge in [-0.1, -0.05) is 6.07 Å². The lowest BCUT2D eigenvalue weighted by Crippen LogP contribution is -2.36. The van der Waals surface area contributed by atoms with Crippen LogP contribution in [0.1, 0.15) is 30.4 Å². The molecule has 1 aromatic carbocycles. The largest absolute Gasteiger partial charge is 0.506 e. The van der Waals surface area contributed by atoms with Crippen LogP contribution in [-0.2, 0) is 33.8 Å². The Bertz CT molecular complexity index is 646. The highest BCUT2D eigenvalue weighted by Gasteiger charge is 2.27. The number of rotatable bonds is 4. The van der Waals surface area contributed by atoms with E-state index in [1.54, 1.807) is 6.07 Å². The molecule has 8 heteroatoms. The summed E-state index contributed by atoms with van der Waals surface area (Å²) >= 11 is -2.35. The number of anilines is 1. The first-order valence-corrected chi connectivity index (χ1v) is 9.17. The molecular weight excluding hydrogens is 332 g/mol. The molecule has 0 saturated carbocycles. The van der Waals surface area contributed by atoms with E-state index in [0.717, 1.165) is 34.9 Å². The molecule has 0 radical (unpaired) electrons. The first-order chi connectivity index (χ1) is 11.5. The molecule has 24 heavy (non-hydrogen) atoms. The average molecular weight is 354 g/mol. The number of carbonyl (C=O) groups excluding carboxylic acids is 1. The van der Waals surface area contributed by atoms with Crippen LogP contribution in [-0.4, -0.2) is 45.5 Å². The van der Waals surface area contributed by atoms with Gasteiger partial charge < -0.3 is 15.2 Å². The number of phenolic OH excluding ortho intramolecular Hbond substituents is 1. The maximum absolute atomic E-state index is 11.8. The highest BCUT2D eigenvalue weighted by atomic mass is 32.2. The van der Waals surface area contributed by atoms with E-state index in [4.69, 9.17) is 4.74 Å². The number of hydrogen-bond acceptors (Lipinski definition) is 5. The van der Waals surface area contributed by atoms with Gasteiger partial charge in [-0.25, -0.2) is 4.21 Å². The van der Waals surface area contributed by atoms with Gasteiger partial charge >= 0.3 is 0 Å². The number of ether oxygens (including phenoxy) is 1. The van der Waals surface area contributed by atoms with E-state index in [2.05, 4.69) is 5.32 Å². The van der Waals surface area contributed by atoms with Gasteiger partial charge in [-0.05, 0) is 36.5 Å². The fourth-order valence-electron chi connectivity index (χ4n) is 3.21. The molecule has 1 fully saturated rings. The monoisotopic (exact) mass is 354 g/mol. The molecule has 2 heterocycles. The predicted octanol–water partition coefficient (Wildman–Crippen LogP) is 1.12. The third kappa shape index (κ3) is 3.94. The maximum atomic E-state index is 11.8.